The quantitative estimate of drug-likeness (QED) is 0.158. The van der Waals surface area contributed by atoms with Crippen molar-refractivity contribution in [3.05, 3.63) is 224 Å². The first-order valence-electron chi connectivity index (χ1n) is 21.8. The van der Waals surface area contributed by atoms with Crippen molar-refractivity contribution >= 4 is 97.7 Å². The fourth-order valence-corrected chi connectivity index (χ4v) is 10.9. The van der Waals surface area contributed by atoms with Crippen LogP contribution in [0.25, 0.3) is 126 Å². The molecule has 14 aromatic rings. The third-order valence-electron chi connectivity index (χ3n) is 13.6. The molecule has 3 aromatic heterocycles. The largest absolute Gasteiger partial charge is 0.309 e. The Balaban J connectivity index is 1.04. The summed E-state index contributed by atoms with van der Waals surface area (Å²) in [6, 6.07) is 82.8. The van der Waals surface area contributed by atoms with Gasteiger partial charge in [-0.3, -0.25) is 0 Å². The van der Waals surface area contributed by atoms with Crippen molar-refractivity contribution in [2.24, 2.45) is 0 Å². The van der Waals surface area contributed by atoms with E-state index in [4.69, 9.17) is 0 Å². The summed E-state index contributed by atoms with van der Waals surface area (Å²) in [7, 11) is 0. The molecule has 0 amide bonds. The van der Waals surface area contributed by atoms with Crippen LogP contribution < -0.4 is 0 Å². The molecule has 63 heavy (non-hydrogen) atoms. The molecule has 11 aromatic carbocycles. The van der Waals surface area contributed by atoms with Crippen LogP contribution in [-0.4, -0.2) is 13.7 Å². The summed E-state index contributed by atoms with van der Waals surface area (Å²) in [6.45, 7) is 0. The van der Waals surface area contributed by atoms with Crippen molar-refractivity contribution in [2.45, 2.75) is 0 Å². The molecule has 0 aliphatic carbocycles. The van der Waals surface area contributed by atoms with E-state index in [-0.39, 0.29) is 0 Å². The molecule has 3 heteroatoms. The molecule has 0 spiro atoms. The Bertz CT molecular complexity index is 4160. The van der Waals surface area contributed by atoms with Gasteiger partial charge in [0.1, 0.15) is 0 Å². The first-order valence-corrected chi connectivity index (χ1v) is 21.8. The van der Waals surface area contributed by atoms with Gasteiger partial charge in [0, 0.05) is 49.4 Å². The standard InChI is InChI=1S/C60H37N3/c1-2-16-40(17-3-1)61-55-26-11-10-25-50(55)54-37-42(30-34-58(54)61)63-57-28-13-9-24-49(57)52-33-32-51-48-23-8-12-27-56(48)62(59(51)60(52)63)41-18-14-15-38(35-41)39-29-31-47-45-21-5-4-19-43(45)44-20-6-7-22-46(44)53(47)36-39/h1-37H. The van der Waals surface area contributed by atoms with Crippen molar-refractivity contribution in [3.8, 4) is 28.2 Å². The molecule has 3 heterocycles. The summed E-state index contributed by atoms with van der Waals surface area (Å²) < 4.78 is 7.41. The third-order valence-corrected chi connectivity index (χ3v) is 13.6. The van der Waals surface area contributed by atoms with E-state index < -0.39 is 0 Å². The Kier molecular flexibility index (Phi) is 7.11. The Hall–Kier alpha value is -8.40. The topological polar surface area (TPSA) is 14.8 Å². The van der Waals surface area contributed by atoms with Crippen LogP contribution in [0.4, 0.5) is 0 Å². The lowest BCUT2D eigenvalue weighted by Gasteiger charge is -2.15. The average Bonchev–Trinajstić information content (AvgIpc) is 4.00. The van der Waals surface area contributed by atoms with Crippen LogP contribution in [0, 0.1) is 0 Å². The minimum atomic E-state index is 1.13. The Morgan fingerprint density at radius 3 is 1.21 bits per heavy atom. The van der Waals surface area contributed by atoms with Gasteiger partial charge in [-0.15, -0.1) is 0 Å². The molecule has 0 atom stereocenters. The second-order valence-electron chi connectivity index (χ2n) is 16.9. The minimum absolute atomic E-state index is 1.13. The van der Waals surface area contributed by atoms with Gasteiger partial charge in [0.05, 0.1) is 33.1 Å². The molecule has 14 rings (SSSR count). The molecule has 292 valence electrons. The first kappa shape index (κ1) is 34.3. The highest BCUT2D eigenvalue weighted by molar-refractivity contribution is 6.26. The number of benzene rings is 11. The average molecular weight is 800 g/mol. The maximum Gasteiger partial charge on any atom is 0.0788 e. The number of hydrogen-bond acceptors (Lipinski definition) is 0. The van der Waals surface area contributed by atoms with E-state index in [1.807, 2.05) is 0 Å². The zero-order chi connectivity index (χ0) is 41.2. The van der Waals surface area contributed by atoms with Gasteiger partial charge in [-0.2, -0.15) is 0 Å². The summed E-state index contributed by atoms with van der Waals surface area (Å²) in [5, 5.41) is 15.1. The Labute approximate surface area is 362 Å². The summed E-state index contributed by atoms with van der Waals surface area (Å²) in [4.78, 5) is 0. The van der Waals surface area contributed by atoms with E-state index in [1.165, 1.54) is 109 Å². The van der Waals surface area contributed by atoms with Crippen molar-refractivity contribution < 1.29 is 0 Å². The van der Waals surface area contributed by atoms with Crippen LogP contribution in [0.2, 0.25) is 0 Å². The van der Waals surface area contributed by atoms with Crippen molar-refractivity contribution in [3.63, 3.8) is 0 Å². The van der Waals surface area contributed by atoms with E-state index in [0.717, 1.165) is 17.1 Å². The maximum absolute atomic E-state index is 2.51. The summed E-state index contributed by atoms with van der Waals surface area (Å²) >= 11 is 0. The minimum Gasteiger partial charge on any atom is -0.309 e. The monoisotopic (exact) mass is 799 g/mol. The predicted octanol–water partition coefficient (Wildman–Crippen LogP) is 16.1. The molecule has 0 radical (unpaired) electrons. The third kappa shape index (κ3) is 4.85. The van der Waals surface area contributed by atoms with Gasteiger partial charge in [0.15, 0.2) is 0 Å². The molecule has 0 fully saturated rings. The van der Waals surface area contributed by atoms with Crippen molar-refractivity contribution in [1.82, 2.24) is 13.7 Å². The van der Waals surface area contributed by atoms with E-state index in [0.29, 0.717) is 0 Å². The number of aromatic nitrogens is 3. The summed E-state index contributed by atoms with van der Waals surface area (Å²) in [5.41, 5.74) is 13.0. The number of nitrogens with zero attached hydrogens (tertiary/aromatic N) is 3. The summed E-state index contributed by atoms with van der Waals surface area (Å²) in [6.07, 6.45) is 0. The molecule has 0 unspecified atom stereocenters. The Morgan fingerprint density at radius 2 is 0.603 bits per heavy atom. The highest BCUT2D eigenvalue weighted by Gasteiger charge is 2.22. The normalized spacial score (nSPS) is 12.1. The summed E-state index contributed by atoms with van der Waals surface area (Å²) in [5.74, 6) is 0. The highest BCUT2D eigenvalue weighted by atomic mass is 15.0. The van der Waals surface area contributed by atoms with Gasteiger partial charge in [-0.25, -0.2) is 0 Å². The lowest BCUT2D eigenvalue weighted by Crippen LogP contribution is -1.99. The van der Waals surface area contributed by atoms with Crippen LogP contribution in [0.15, 0.2) is 224 Å². The van der Waals surface area contributed by atoms with Gasteiger partial charge in [0.25, 0.3) is 0 Å². The van der Waals surface area contributed by atoms with Crippen LogP contribution >= 0.6 is 0 Å². The molecule has 0 saturated carbocycles. The van der Waals surface area contributed by atoms with Gasteiger partial charge >= 0.3 is 0 Å². The van der Waals surface area contributed by atoms with Crippen LogP contribution in [-0.2, 0) is 0 Å². The van der Waals surface area contributed by atoms with Gasteiger partial charge in [-0.05, 0) is 110 Å². The SMILES string of the molecule is c1ccc(-n2c3ccccc3c3cc(-n4c5ccccc5c5ccc6c7ccccc7n(-c7cccc(-c8ccc9c%10ccccc%10c%10ccccc%10c9c8)c7)c6c54)ccc32)cc1. The fraction of sp³-hybridized carbons (Fsp3) is 0. The van der Waals surface area contributed by atoms with E-state index in [9.17, 15) is 0 Å². The molecular weight excluding hydrogens is 763 g/mol. The van der Waals surface area contributed by atoms with Crippen LogP contribution in [0.1, 0.15) is 0 Å². The zero-order valence-electron chi connectivity index (χ0n) is 34.2. The molecular formula is C60H37N3. The molecule has 3 nitrogen and oxygen atoms in total. The molecule has 0 aliphatic heterocycles. The van der Waals surface area contributed by atoms with Crippen LogP contribution in [0.3, 0.4) is 0 Å². The zero-order valence-corrected chi connectivity index (χ0v) is 34.2. The van der Waals surface area contributed by atoms with Gasteiger partial charge in [0.2, 0.25) is 0 Å². The molecule has 0 saturated heterocycles. The lowest BCUT2D eigenvalue weighted by molar-refractivity contribution is 1.15. The van der Waals surface area contributed by atoms with Crippen molar-refractivity contribution in [1.29, 1.82) is 0 Å². The molecule has 0 aliphatic rings. The second-order valence-corrected chi connectivity index (χ2v) is 16.9. The van der Waals surface area contributed by atoms with E-state index >= 15 is 0 Å². The number of para-hydroxylation sites is 4. The number of rotatable bonds is 4. The smallest absolute Gasteiger partial charge is 0.0788 e. The van der Waals surface area contributed by atoms with E-state index in [2.05, 4.69) is 238 Å². The Morgan fingerprint density at radius 1 is 0.190 bits per heavy atom. The van der Waals surface area contributed by atoms with Gasteiger partial charge in [-0.1, -0.05) is 158 Å². The highest BCUT2D eigenvalue weighted by Crippen LogP contribution is 2.44. The number of hydrogen-bond donors (Lipinski definition) is 0. The van der Waals surface area contributed by atoms with Crippen LogP contribution in [0.5, 0.6) is 0 Å². The van der Waals surface area contributed by atoms with E-state index in [1.54, 1.807) is 0 Å². The first-order chi connectivity index (χ1) is 31.3. The maximum atomic E-state index is 2.51. The predicted molar refractivity (Wildman–Crippen MR) is 267 cm³/mol. The van der Waals surface area contributed by atoms with Crippen molar-refractivity contribution in [2.75, 3.05) is 0 Å². The molecule has 0 N–H and O–H groups in total. The van der Waals surface area contributed by atoms with Gasteiger partial charge < -0.3 is 13.7 Å². The number of fused-ring (bicyclic) bond motifs is 16. The second kappa shape index (κ2) is 13.1. The fourth-order valence-electron chi connectivity index (χ4n) is 10.9. The molecule has 0 bridgehead atoms. The lowest BCUT2D eigenvalue weighted by atomic mass is 9.92.